The number of unbranched alkanes of at least 4 members (excludes halogenated alkanes) is 1. The summed E-state index contributed by atoms with van der Waals surface area (Å²) in [4.78, 5) is 0. The summed E-state index contributed by atoms with van der Waals surface area (Å²) >= 11 is 0. The lowest BCUT2D eigenvalue weighted by Gasteiger charge is -2.15. The smallest absolute Gasteiger partial charge is 0.119 e. The molecule has 0 saturated heterocycles. The summed E-state index contributed by atoms with van der Waals surface area (Å²) in [5.41, 5.74) is 1.37. The highest BCUT2D eigenvalue weighted by molar-refractivity contribution is 5.27. The Bertz CT molecular complexity index is 308. The molecule has 1 rings (SSSR count). The molecule has 0 aliphatic carbocycles. The van der Waals surface area contributed by atoms with Crippen LogP contribution in [0.4, 0.5) is 0 Å². The molecule has 21 heavy (non-hydrogen) atoms. The van der Waals surface area contributed by atoms with Gasteiger partial charge in [-0.3, -0.25) is 0 Å². The first-order valence-corrected chi connectivity index (χ1v) is 8.37. The van der Waals surface area contributed by atoms with Gasteiger partial charge in [0, 0.05) is 0 Å². The van der Waals surface area contributed by atoms with Gasteiger partial charge in [0.25, 0.3) is 0 Å². The van der Waals surface area contributed by atoms with Crippen LogP contribution in [0.1, 0.15) is 65.9 Å². The van der Waals surface area contributed by atoms with E-state index < -0.39 is 0 Å². The molecule has 2 nitrogen and oxygen atoms in total. The minimum atomic E-state index is 0.709. The van der Waals surface area contributed by atoms with Gasteiger partial charge in [-0.2, -0.15) is 0 Å². The maximum Gasteiger partial charge on any atom is 0.119 e. The normalized spacial score (nSPS) is 10.5. The number of hydrogen-bond donors (Lipinski definition) is 1. The van der Waals surface area contributed by atoms with Gasteiger partial charge in [-0.15, -0.1) is 0 Å². The third-order valence-electron chi connectivity index (χ3n) is 3.36. The van der Waals surface area contributed by atoms with Crippen LogP contribution in [0.3, 0.4) is 0 Å². The highest BCUT2D eigenvalue weighted by Gasteiger charge is 2.06. The molecule has 2 heteroatoms. The monoisotopic (exact) mass is 293 g/mol. The van der Waals surface area contributed by atoms with Crippen molar-refractivity contribution in [2.45, 2.75) is 66.7 Å². The Morgan fingerprint density at radius 3 is 2.05 bits per heavy atom. The lowest BCUT2D eigenvalue weighted by Crippen LogP contribution is -2.11. The van der Waals surface area contributed by atoms with Crippen molar-refractivity contribution in [3.8, 4) is 5.75 Å². The van der Waals surface area contributed by atoms with E-state index in [1.165, 1.54) is 31.2 Å². The SMILES string of the molecule is C=N.CC.CCCCC(CC)COc1ccc(CC)cc1. The second-order valence-corrected chi connectivity index (χ2v) is 4.73. The first-order chi connectivity index (χ1) is 10.3. The Morgan fingerprint density at radius 1 is 1.05 bits per heavy atom. The highest BCUT2D eigenvalue weighted by Crippen LogP contribution is 2.17. The molecule has 0 bridgehead atoms. The molecule has 0 aliphatic rings. The van der Waals surface area contributed by atoms with Crippen LogP contribution in [0.25, 0.3) is 0 Å². The molecule has 0 fully saturated rings. The molecule has 1 aromatic rings. The van der Waals surface area contributed by atoms with Crippen LogP contribution in [-0.4, -0.2) is 13.3 Å². The topological polar surface area (TPSA) is 33.1 Å². The summed E-state index contributed by atoms with van der Waals surface area (Å²) in [5, 5.41) is 5.50. The van der Waals surface area contributed by atoms with E-state index in [2.05, 4.69) is 51.8 Å². The van der Waals surface area contributed by atoms with Crippen molar-refractivity contribution in [2.24, 2.45) is 5.92 Å². The fraction of sp³-hybridized carbons (Fsp3) is 0.632. The molecular weight excluding hydrogens is 258 g/mol. The van der Waals surface area contributed by atoms with Crippen molar-refractivity contribution in [1.29, 1.82) is 5.41 Å². The Morgan fingerprint density at radius 2 is 1.62 bits per heavy atom. The van der Waals surface area contributed by atoms with E-state index in [1.807, 2.05) is 13.8 Å². The van der Waals surface area contributed by atoms with E-state index in [-0.39, 0.29) is 0 Å². The number of hydrogen-bond acceptors (Lipinski definition) is 2. The summed E-state index contributed by atoms with van der Waals surface area (Å²) in [6.07, 6.45) is 6.19. The summed E-state index contributed by atoms with van der Waals surface area (Å²) < 4.78 is 5.86. The summed E-state index contributed by atoms with van der Waals surface area (Å²) in [5.74, 6) is 1.72. The van der Waals surface area contributed by atoms with Gasteiger partial charge >= 0.3 is 0 Å². The van der Waals surface area contributed by atoms with E-state index in [0.29, 0.717) is 5.92 Å². The summed E-state index contributed by atoms with van der Waals surface area (Å²) in [6.45, 7) is 14.0. The molecule has 0 saturated carbocycles. The Balaban J connectivity index is 0. The van der Waals surface area contributed by atoms with Crippen molar-refractivity contribution in [3.63, 3.8) is 0 Å². The van der Waals surface area contributed by atoms with Gasteiger partial charge in [0.05, 0.1) is 6.61 Å². The zero-order chi connectivity index (χ0) is 16.5. The average molecular weight is 293 g/mol. The molecule has 0 heterocycles. The van der Waals surface area contributed by atoms with E-state index in [4.69, 9.17) is 10.1 Å². The fourth-order valence-corrected chi connectivity index (χ4v) is 1.93. The molecule has 1 N–H and O–H groups in total. The van der Waals surface area contributed by atoms with Gasteiger partial charge in [-0.25, -0.2) is 0 Å². The van der Waals surface area contributed by atoms with Crippen LogP contribution in [0, 0.1) is 11.3 Å². The van der Waals surface area contributed by atoms with E-state index in [0.717, 1.165) is 18.8 Å². The summed E-state index contributed by atoms with van der Waals surface area (Å²) in [7, 11) is 0. The molecule has 0 aromatic heterocycles. The third kappa shape index (κ3) is 11.1. The first kappa shape index (κ1) is 22.0. The lowest BCUT2D eigenvalue weighted by atomic mass is 10.0. The van der Waals surface area contributed by atoms with Gasteiger partial charge in [0.2, 0.25) is 0 Å². The average Bonchev–Trinajstić information content (AvgIpc) is 2.59. The maximum atomic E-state index is 5.86. The van der Waals surface area contributed by atoms with Crippen molar-refractivity contribution in [3.05, 3.63) is 29.8 Å². The zero-order valence-corrected chi connectivity index (χ0v) is 14.7. The molecular formula is C19H35NO. The van der Waals surface area contributed by atoms with Crippen LogP contribution < -0.4 is 4.74 Å². The van der Waals surface area contributed by atoms with Crippen molar-refractivity contribution in [1.82, 2.24) is 0 Å². The van der Waals surface area contributed by atoms with Crippen molar-refractivity contribution < 1.29 is 4.74 Å². The number of aryl methyl sites for hydroxylation is 1. The van der Waals surface area contributed by atoms with Crippen LogP contribution >= 0.6 is 0 Å². The second kappa shape index (κ2) is 16.7. The summed E-state index contributed by atoms with van der Waals surface area (Å²) in [6, 6.07) is 8.49. The quantitative estimate of drug-likeness (QED) is 0.574. The van der Waals surface area contributed by atoms with Gasteiger partial charge in [0.1, 0.15) is 5.75 Å². The third-order valence-corrected chi connectivity index (χ3v) is 3.36. The number of ether oxygens (including phenoxy) is 1. The van der Waals surface area contributed by atoms with E-state index in [1.54, 1.807) is 0 Å². The minimum absolute atomic E-state index is 0.709. The van der Waals surface area contributed by atoms with Crippen molar-refractivity contribution in [2.75, 3.05) is 6.61 Å². The number of rotatable bonds is 8. The molecule has 1 unspecified atom stereocenters. The lowest BCUT2D eigenvalue weighted by molar-refractivity contribution is 0.233. The first-order valence-electron chi connectivity index (χ1n) is 8.37. The van der Waals surface area contributed by atoms with Gasteiger partial charge in [-0.1, -0.05) is 66.0 Å². The predicted octanol–water partition coefficient (Wildman–Crippen LogP) is 6.14. The second-order valence-electron chi connectivity index (χ2n) is 4.73. The number of nitrogens with one attached hydrogen (secondary N) is 1. The molecule has 122 valence electrons. The molecule has 0 aliphatic heterocycles. The Hall–Kier alpha value is -1.31. The van der Waals surface area contributed by atoms with Gasteiger partial charge < -0.3 is 10.1 Å². The van der Waals surface area contributed by atoms with Gasteiger partial charge in [-0.05, 0) is 43.2 Å². The maximum absolute atomic E-state index is 5.86. The Labute approximate surface area is 132 Å². The van der Waals surface area contributed by atoms with Crippen LogP contribution in [0.15, 0.2) is 24.3 Å². The molecule has 1 atom stereocenters. The predicted molar refractivity (Wildman–Crippen MR) is 95.8 cm³/mol. The van der Waals surface area contributed by atoms with E-state index in [9.17, 15) is 0 Å². The van der Waals surface area contributed by atoms with Crippen LogP contribution in [0.5, 0.6) is 5.75 Å². The van der Waals surface area contributed by atoms with Crippen LogP contribution in [-0.2, 0) is 6.42 Å². The molecule has 0 radical (unpaired) electrons. The molecule has 0 spiro atoms. The minimum Gasteiger partial charge on any atom is -0.493 e. The van der Waals surface area contributed by atoms with Crippen molar-refractivity contribution >= 4 is 6.72 Å². The molecule has 0 amide bonds. The molecule has 1 aromatic carbocycles. The zero-order valence-electron chi connectivity index (χ0n) is 14.7. The largest absolute Gasteiger partial charge is 0.493 e. The van der Waals surface area contributed by atoms with E-state index >= 15 is 0 Å². The van der Waals surface area contributed by atoms with Gasteiger partial charge in [0.15, 0.2) is 0 Å². The number of benzene rings is 1. The highest BCUT2D eigenvalue weighted by atomic mass is 16.5. The standard InChI is InChI=1S/C16H26O.C2H6.CH3N/c1-4-7-8-15(6-3)13-17-16-11-9-14(5-2)10-12-16;2*1-2/h9-12,15H,4-8,13H2,1-3H3;1-2H3;2H,1H2. The Kier molecular flexibility index (Phi) is 17.5. The van der Waals surface area contributed by atoms with Crippen LogP contribution in [0.2, 0.25) is 0 Å². The fourth-order valence-electron chi connectivity index (χ4n) is 1.93.